The Kier molecular flexibility index (Phi) is 3.30. The zero-order valence-electron chi connectivity index (χ0n) is 10.1. The maximum absolute atomic E-state index is 9.82. The van der Waals surface area contributed by atoms with Crippen molar-refractivity contribution in [1.82, 2.24) is 14.7 Å². The molecule has 1 aromatic heterocycles. The molecule has 0 saturated carbocycles. The Hall–Kier alpha value is -0.870. The number of hydrogen-bond acceptors (Lipinski definition) is 3. The molecule has 1 saturated heterocycles. The lowest BCUT2D eigenvalue weighted by molar-refractivity contribution is 0.0218. The van der Waals surface area contributed by atoms with Crippen LogP contribution in [0.1, 0.15) is 32.7 Å². The van der Waals surface area contributed by atoms with Crippen LogP contribution in [0.15, 0.2) is 18.5 Å². The van der Waals surface area contributed by atoms with Crippen molar-refractivity contribution in [3.63, 3.8) is 0 Å². The van der Waals surface area contributed by atoms with Crippen molar-refractivity contribution in [3.05, 3.63) is 18.5 Å². The van der Waals surface area contributed by atoms with Crippen LogP contribution in [0.4, 0.5) is 0 Å². The third-order valence-electron chi connectivity index (χ3n) is 2.99. The SMILES string of the molecule is CC(C)(O)CN1CCCC(n2cccn2)C1. The third kappa shape index (κ3) is 3.06. The lowest BCUT2D eigenvalue weighted by Crippen LogP contribution is -2.44. The van der Waals surface area contributed by atoms with Crippen LogP contribution in [0.5, 0.6) is 0 Å². The summed E-state index contributed by atoms with van der Waals surface area (Å²) in [6, 6.07) is 2.43. The van der Waals surface area contributed by atoms with E-state index < -0.39 is 5.60 Å². The molecule has 1 N–H and O–H groups in total. The van der Waals surface area contributed by atoms with Crippen LogP contribution in [-0.4, -0.2) is 45.0 Å². The summed E-state index contributed by atoms with van der Waals surface area (Å²) in [5.41, 5.74) is -0.605. The van der Waals surface area contributed by atoms with E-state index in [0.717, 1.165) is 19.6 Å². The average molecular weight is 223 g/mol. The Morgan fingerprint density at radius 3 is 2.94 bits per heavy atom. The second-order valence-electron chi connectivity index (χ2n) is 5.33. The molecule has 2 heterocycles. The van der Waals surface area contributed by atoms with Gasteiger partial charge in [0, 0.05) is 25.5 Å². The smallest absolute Gasteiger partial charge is 0.0718 e. The fourth-order valence-electron chi connectivity index (χ4n) is 2.43. The van der Waals surface area contributed by atoms with Crippen molar-refractivity contribution in [2.24, 2.45) is 0 Å². The van der Waals surface area contributed by atoms with E-state index in [9.17, 15) is 5.11 Å². The zero-order chi connectivity index (χ0) is 11.6. The molecule has 4 heteroatoms. The third-order valence-corrected chi connectivity index (χ3v) is 2.99. The highest BCUT2D eigenvalue weighted by Crippen LogP contribution is 2.21. The largest absolute Gasteiger partial charge is 0.389 e. The standard InChI is InChI=1S/C12H21N3O/c1-12(2,16)10-14-7-3-5-11(9-14)15-8-4-6-13-15/h4,6,8,11,16H,3,5,7,9-10H2,1-2H3. The molecule has 0 spiro atoms. The van der Waals surface area contributed by atoms with Gasteiger partial charge in [-0.1, -0.05) is 0 Å². The predicted octanol–water partition coefficient (Wildman–Crippen LogP) is 1.29. The van der Waals surface area contributed by atoms with Gasteiger partial charge in [0.15, 0.2) is 0 Å². The van der Waals surface area contributed by atoms with Gasteiger partial charge in [0.1, 0.15) is 0 Å². The Morgan fingerprint density at radius 2 is 2.31 bits per heavy atom. The molecule has 1 aliphatic rings. The average Bonchev–Trinajstić information content (AvgIpc) is 2.68. The summed E-state index contributed by atoms with van der Waals surface area (Å²) in [6.07, 6.45) is 6.22. The van der Waals surface area contributed by atoms with Gasteiger partial charge in [-0.2, -0.15) is 5.10 Å². The molecule has 2 rings (SSSR count). The first kappa shape index (κ1) is 11.6. The van der Waals surface area contributed by atoms with Gasteiger partial charge in [0.2, 0.25) is 0 Å². The minimum Gasteiger partial charge on any atom is -0.389 e. The van der Waals surface area contributed by atoms with Gasteiger partial charge in [-0.05, 0) is 39.3 Å². The quantitative estimate of drug-likeness (QED) is 0.839. The lowest BCUT2D eigenvalue weighted by Gasteiger charge is -2.36. The van der Waals surface area contributed by atoms with E-state index in [4.69, 9.17) is 0 Å². The van der Waals surface area contributed by atoms with Gasteiger partial charge < -0.3 is 5.11 Å². The molecule has 4 nitrogen and oxygen atoms in total. The molecule has 1 unspecified atom stereocenters. The molecule has 90 valence electrons. The van der Waals surface area contributed by atoms with Crippen molar-refractivity contribution in [2.45, 2.75) is 38.3 Å². The number of aromatic nitrogens is 2. The van der Waals surface area contributed by atoms with Crippen molar-refractivity contribution >= 4 is 0 Å². The van der Waals surface area contributed by atoms with Gasteiger partial charge in [-0.3, -0.25) is 9.58 Å². The highest BCUT2D eigenvalue weighted by Gasteiger charge is 2.25. The normalized spacial score (nSPS) is 23.6. The number of aliphatic hydroxyl groups is 1. The van der Waals surface area contributed by atoms with E-state index in [1.165, 1.54) is 12.8 Å². The molecule has 1 atom stereocenters. The number of hydrogen-bond donors (Lipinski definition) is 1. The van der Waals surface area contributed by atoms with Crippen LogP contribution in [0.25, 0.3) is 0 Å². The van der Waals surface area contributed by atoms with Crippen LogP contribution < -0.4 is 0 Å². The number of likely N-dealkylation sites (tertiary alicyclic amines) is 1. The summed E-state index contributed by atoms with van der Waals surface area (Å²) in [4.78, 5) is 2.33. The lowest BCUT2D eigenvalue weighted by atomic mass is 10.0. The van der Waals surface area contributed by atoms with Crippen molar-refractivity contribution in [3.8, 4) is 0 Å². The predicted molar refractivity (Wildman–Crippen MR) is 63.2 cm³/mol. The Morgan fingerprint density at radius 1 is 1.50 bits per heavy atom. The van der Waals surface area contributed by atoms with Crippen LogP contribution in [-0.2, 0) is 0 Å². The summed E-state index contributed by atoms with van der Waals surface area (Å²) < 4.78 is 2.04. The molecule has 0 radical (unpaired) electrons. The molecule has 1 fully saturated rings. The van der Waals surface area contributed by atoms with Crippen LogP contribution in [0, 0.1) is 0 Å². The maximum atomic E-state index is 9.82. The second-order valence-corrected chi connectivity index (χ2v) is 5.33. The van der Waals surface area contributed by atoms with Gasteiger partial charge in [-0.25, -0.2) is 0 Å². The van der Waals surface area contributed by atoms with Crippen molar-refractivity contribution in [2.75, 3.05) is 19.6 Å². The molecule has 1 aliphatic heterocycles. The van der Waals surface area contributed by atoms with E-state index in [0.29, 0.717) is 6.04 Å². The van der Waals surface area contributed by atoms with Gasteiger partial charge in [0.05, 0.1) is 11.6 Å². The zero-order valence-corrected chi connectivity index (χ0v) is 10.1. The number of piperidine rings is 1. The van der Waals surface area contributed by atoms with Crippen LogP contribution >= 0.6 is 0 Å². The fourth-order valence-corrected chi connectivity index (χ4v) is 2.43. The van der Waals surface area contributed by atoms with Gasteiger partial charge in [-0.15, -0.1) is 0 Å². The topological polar surface area (TPSA) is 41.3 Å². The number of β-amino-alcohol motifs (C(OH)–C–C–N with tert-alkyl or cyclic N) is 1. The summed E-state index contributed by atoms with van der Waals surface area (Å²) in [6.45, 7) is 6.55. The van der Waals surface area contributed by atoms with E-state index in [-0.39, 0.29) is 0 Å². The molecular formula is C12H21N3O. The van der Waals surface area contributed by atoms with Crippen LogP contribution in [0.3, 0.4) is 0 Å². The first-order valence-electron chi connectivity index (χ1n) is 5.98. The van der Waals surface area contributed by atoms with Crippen LogP contribution in [0.2, 0.25) is 0 Å². The first-order valence-corrected chi connectivity index (χ1v) is 5.98. The minimum atomic E-state index is -0.605. The summed E-state index contributed by atoms with van der Waals surface area (Å²) in [5, 5.41) is 14.1. The molecule has 0 bridgehead atoms. The van der Waals surface area contributed by atoms with E-state index >= 15 is 0 Å². The van der Waals surface area contributed by atoms with Gasteiger partial charge >= 0.3 is 0 Å². The molecule has 1 aromatic rings. The summed E-state index contributed by atoms with van der Waals surface area (Å²) in [7, 11) is 0. The number of rotatable bonds is 3. The van der Waals surface area contributed by atoms with Crippen molar-refractivity contribution < 1.29 is 5.11 Å². The highest BCUT2D eigenvalue weighted by molar-refractivity contribution is 4.86. The van der Waals surface area contributed by atoms with E-state index in [2.05, 4.69) is 10.00 Å². The molecule has 0 amide bonds. The van der Waals surface area contributed by atoms with Crippen molar-refractivity contribution in [1.29, 1.82) is 0 Å². The van der Waals surface area contributed by atoms with Gasteiger partial charge in [0.25, 0.3) is 0 Å². The molecule has 16 heavy (non-hydrogen) atoms. The molecule has 0 aliphatic carbocycles. The van der Waals surface area contributed by atoms with E-state index in [1.807, 2.05) is 37.0 Å². The molecular weight excluding hydrogens is 202 g/mol. The Labute approximate surface area is 96.9 Å². The Balaban J connectivity index is 1.94. The molecule has 0 aromatic carbocycles. The van der Waals surface area contributed by atoms with E-state index in [1.54, 1.807) is 0 Å². The summed E-state index contributed by atoms with van der Waals surface area (Å²) in [5.74, 6) is 0. The fraction of sp³-hybridized carbons (Fsp3) is 0.750. The monoisotopic (exact) mass is 223 g/mol. The highest BCUT2D eigenvalue weighted by atomic mass is 16.3. The number of nitrogens with zero attached hydrogens (tertiary/aromatic N) is 3. The maximum Gasteiger partial charge on any atom is 0.0718 e. The minimum absolute atomic E-state index is 0.464. The second kappa shape index (κ2) is 4.55. The first-order chi connectivity index (χ1) is 7.54. The Bertz CT molecular complexity index is 316. The summed E-state index contributed by atoms with van der Waals surface area (Å²) >= 11 is 0.